The van der Waals surface area contributed by atoms with E-state index < -0.39 is 28.0 Å². The molecule has 1 amide bonds. The number of nitriles is 1. The number of rotatable bonds is 7. The number of benzene rings is 2. The summed E-state index contributed by atoms with van der Waals surface area (Å²) in [4.78, 5) is 24.4. The van der Waals surface area contributed by atoms with Crippen molar-refractivity contribution in [1.82, 2.24) is 4.72 Å². The third-order valence-electron chi connectivity index (χ3n) is 3.73. The van der Waals surface area contributed by atoms with Gasteiger partial charge in [0.1, 0.15) is 0 Å². The van der Waals surface area contributed by atoms with Crippen molar-refractivity contribution in [2.24, 2.45) is 0 Å². The molecule has 0 heterocycles. The molecule has 0 aliphatic rings. The van der Waals surface area contributed by atoms with E-state index in [0.717, 1.165) is 0 Å². The molecule has 29 heavy (non-hydrogen) atoms. The zero-order valence-corrected chi connectivity index (χ0v) is 17.0. The molecule has 152 valence electrons. The van der Waals surface area contributed by atoms with Crippen LogP contribution in [0.5, 0.6) is 0 Å². The molecule has 2 rings (SSSR count). The van der Waals surface area contributed by atoms with Gasteiger partial charge in [-0.1, -0.05) is 0 Å². The molecule has 0 aliphatic carbocycles. The predicted molar refractivity (Wildman–Crippen MR) is 107 cm³/mol. The first-order valence-electron chi connectivity index (χ1n) is 8.77. The number of amides is 1. The van der Waals surface area contributed by atoms with Gasteiger partial charge in [0.2, 0.25) is 10.0 Å². The number of ether oxygens (including phenoxy) is 1. The molecule has 0 saturated heterocycles. The Labute approximate surface area is 169 Å². The van der Waals surface area contributed by atoms with Crippen LogP contribution in [0.2, 0.25) is 0 Å². The van der Waals surface area contributed by atoms with Crippen molar-refractivity contribution in [3.63, 3.8) is 0 Å². The number of anilines is 1. The van der Waals surface area contributed by atoms with Crippen LogP contribution in [0.25, 0.3) is 0 Å². The second kappa shape index (κ2) is 9.32. The molecule has 1 unspecified atom stereocenters. The lowest BCUT2D eigenvalue weighted by molar-refractivity contribution is -0.123. The fourth-order valence-electron chi connectivity index (χ4n) is 2.30. The zero-order chi connectivity index (χ0) is 21.6. The van der Waals surface area contributed by atoms with Gasteiger partial charge in [-0.15, -0.1) is 0 Å². The van der Waals surface area contributed by atoms with Crippen LogP contribution in [0.3, 0.4) is 0 Å². The van der Waals surface area contributed by atoms with Crippen molar-refractivity contribution in [1.29, 1.82) is 5.26 Å². The van der Waals surface area contributed by atoms with Gasteiger partial charge in [-0.2, -0.15) is 5.26 Å². The fourth-order valence-corrected chi connectivity index (χ4v) is 3.55. The highest BCUT2D eigenvalue weighted by atomic mass is 32.2. The number of esters is 1. The van der Waals surface area contributed by atoms with Gasteiger partial charge in [-0.3, -0.25) is 4.79 Å². The number of carbonyl (C=O) groups is 2. The Hall–Kier alpha value is -3.22. The number of carbonyl (C=O) groups excluding carboxylic acids is 2. The highest BCUT2D eigenvalue weighted by Crippen LogP contribution is 2.15. The van der Waals surface area contributed by atoms with Crippen LogP contribution < -0.4 is 10.0 Å². The quantitative estimate of drug-likeness (QED) is 0.669. The molecule has 0 fully saturated rings. The van der Waals surface area contributed by atoms with Crippen molar-refractivity contribution in [2.45, 2.75) is 37.8 Å². The highest BCUT2D eigenvalue weighted by molar-refractivity contribution is 7.89. The molecule has 0 bridgehead atoms. The highest BCUT2D eigenvalue weighted by Gasteiger charge is 2.20. The average molecular weight is 415 g/mol. The van der Waals surface area contributed by atoms with Crippen LogP contribution in [-0.4, -0.2) is 32.4 Å². The van der Waals surface area contributed by atoms with Crippen molar-refractivity contribution >= 4 is 27.6 Å². The number of sulfonamides is 1. The molecule has 2 aromatic rings. The van der Waals surface area contributed by atoms with E-state index in [1.807, 2.05) is 6.07 Å². The fraction of sp³-hybridized carbons (Fsp3) is 0.250. The minimum absolute atomic E-state index is 0.0736. The number of hydrogen-bond donors (Lipinski definition) is 2. The molecule has 2 aromatic carbocycles. The lowest BCUT2D eigenvalue weighted by atomic mass is 10.1. The summed E-state index contributed by atoms with van der Waals surface area (Å²) in [6.07, 6.45) is -1.08. The maximum atomic E-state index is 12.2. The van der Waals surface area contributed by atoms with E-state index in [-0.39, 0.29) is 16.5 Å². The minimum atomic E-state index is -3.62. The van der Waals surface area contributed by atoms with Gasteiger partial charge >= 0.3 is 5.97 Å². The van der Waals surface area contributed by atoms with E-state index in [1.54, 1.807) is 13.8 Å². The van der Waals surface area contributed by atoms with Gasteiger partial charge in [-0.05, 0) is 69.3 Å². The first-order chi connectivity index (χ1) is 13.6. The molecular formula is C20H21N3O5S. The molecule has 0 radical (unpaired) electrons. The van der Waals surface area contributed by atoms with Crippen molar-refractivity contribution in [2.75, 3.05) is 5.32 Å². The van der Waals surface area contributed by atoms with E-state index in [9.17, 15) is 18.0 Å². The van der Waals surface area contributed by atoms with Gasteiger partial charge in [0.15, 0.2) is 6.10 Å². The summed E-state index contributed by atoms with van der Waals surface area (Å²) in [7, 11) is -3.62. The van der Waals surface area contributed by atoms with Crippen LogP contribution in [0.4, 0.5) is 5.69 Å². The van der Waals surface area contributed by atoms with Crippen LogP contribution in [0, 0.1) is 11.3 Å². The molecule has 2 N–H and O–H groups in total. The van der Waals surface area contributed by atoms with E-state index in [2.05, 4.69) is 10.0 Å². The molecule has 9 heteroatoms. The van der Waals surface area contributed by atoms with E-state index >= 15 is 0 Å². The second-order valence-corrected chi connectivity index (χ2v) is 8.24. The molecule has 0 aromatic heterocycles. The number of nitrogens with zero attached hydrogens (tertiary/aromatic N) is 1. The SMILES string of the molecule is CC(C)NS(=O)(=O)c1ccc(NC(=O)C(C)OC(=O)c2ccc(C#N)cc2)cc1. The summed E-state index contributed by atoms with van der Waals surface area (Å²) in [6.45, 7) is 4.85. The molecule has 8 nitrogen and oxygen atoms in total. The molecule has 0 spiro atoms. The zero-order valence-electron chi connectivity index (χ0n) is 16.2. The van der Waals surface area contributed by atoms with E-state index in [1.165, 1.54) is 55.5 Å². The second-order valence-electron chi connectivity index (χ2n) is 6.53. The first-order valence-corrected chi connectivity index (χ1v) is 10.2. The van der Waals surface area contributed by atoms with Gasteiger partial charge < -0.3 is 10.1 Å². The van der Waals surface area contributed by atoms with E-state index in [4.69, 9.17) is 10.00 Å². The Balaban J connectivity index is 1.98. The van der Waals surface area contributed by atoms with Crippen LogP contribution in [-0.2, 0) is 19.6 Å². The summed E-state index contributed by atoms with van der Waals surface area (Å²) >= 11 is 0. The molecule has 0 saturated carbocycles. The van der Waals surface area contributed by atoms with Crippen molar-refractivity contribution < 1.29 is 22.7 Å². The molecule has 0 aliphatic heterocycles. The van der Waals surface area contributed by atoms with Gasteiger partial charge in [0, 0.05) is 11.7 Å². The Morgan fingerprint density at radius 2 is 1.59 bits per heavy atom. The summed E-state index contributed by atoms with van der Waals surface area (Å²) < 4.78 is 31.8. The van der Waals surface area contributed by atoms with E-state index in [0.29, 0.717) is 11.3 Å². The van der Waals surface area contributed by atoms with Gasteiger partial charge in [0.05, 0.1) is 22.1 Å². The number of nitrogens with one attached hydrogen (secondary N) is 2. The Morgan fingerprint density at radius 3 is 2.10 bits per heavy atom. The Bertz CT molecular complexity index is 1020. The normalized spacial score (nSPS) is 12.1. The lowest BCUT2D eigenvalue weighted by Gasteiger charge is -2.14. The maximum Gasteiger partial charge on any atom is 0.338 e. The third-order valence-corrected chi connectivity index (χ3v) is 5.40. The minimum Gasteiger partial charge on any atom is -0.449 e. The number of hydrogen-bond acceptors (Lipinski definition) is 6. The molecular weight excluding hydrogens is 394 g/mol. The summed E-state index contributed by atoms with van der Waals surface area (Å²) in [5, 5.41) is 11.3. The Morgan fingerprint density at radius 1 is 1.00 bits per heavy atom. The topological polar surface area (TPSA) is 125 Å². The standard InChI is InChI=1S/C20H21N3O5S/c1-13(2)23-29(26,27)18-10-8-17(9-11-18)22-19(24)14(3)28-20(25)16-6-4-15(12-21)5-7-16/h4-11,13-14,23H,1-3H3,(H,22,24). The van der Waals surface area contributed by atoms with Crippen molar-refractivity contribution in [3.8, 4) is 6.07 Å². The smallest absolute Gasteiger partial charge is 0.338 e. The third kappa shape index (κ3) is 6.14. The average Bonchev–Trinajstić information content (AvgIpc) is 2.67. The van der Waals surface area contributed by atoms with Crippen LogP contribution in [0.1, 0.15) is 36.7 Å². The summed E-state index contributed by atoms with van der Waals surface area (Å²) in [5.74, 6) is -1.26. The summed E-state index contributed by atoms with van der Waals surface area (Å²) in [5.41, 5.74) is 0.983. The monoisotopic (exact) mass is 415 g/mol. The summed E-state index contributed by atoms with van der Waals surface area (Å²) in [6, 6.07) is 13.2. The van der Waals surface area contributed by atoms with Crippen LogP contribution in [0.15, 0.2) is 53.4 Å². The lowest BCUT2D eigenvalue weighted by Crippen LogP contribution is -2.30. The first kappa shape index (κ1) is 22.1. The molecule has 1 atom stereocenters. The van der Waals surface area contributed by atoms with Crippen molar-refractivity contribution in [3.05, 3.63) is 59.7 Å². The Kier molecular flexibility index (Phi) is 7.09. The van der Waals surface area contributed by atoms with Gasteiger partial charge in [0.25, 0.3) is 5.91 Å². The van der Waals surface area contributed by atoms with Gasteiger partial charge in [-0.25, -0.2) is 17.9 Å². The largest absolute Gasteiger partial charge is 0.449 e. The van der Waals surface area contributed by atoms with Crippen LogP contribution >= 0.6 is 0 Å². The predicted octanol–water partition coefficient (Wildman–Crippen LogP) is 2.43. The maximum absolute atomic E-state index is 12.2.